The Kier molecular flexibility index (Phi) is 2.25. The molecular formula is C5H4Cl3NO. The molecular weight excluding hydrogens is 196 g/mol. The molecule has 1 aliphatic rings. The van der Waals surface area contributed by atoms with E-state index in [1.165, 1.54) is 12.2 Å². The molecule has 10 heavy (non-hydrogen) atoms. The minimum atomic E-state index is -1.26. The minimum Gasteiger partial charge on any atom is -0.368 e. The molecule has 0 spiro atoms. The first-order chi connectivity index (χ1) is 4.52. The van der Waals surface area contributed by atoms with Gasteiger partial charge < -0.3 is 5.11 Å². The second-order valence-corrected chi connectivity index (χ2v) is 3.56. The molecule has 1 N–H and O–H groups in total. The van der Waals surface area contributed by atoms with Gasteiger partial charge in [0.05, 0.1) is 0 Å². The van der Waals surface area contributed by atoms with E-state index in [1.807, 2.05) is 0 Å². The fourth-order valence-corrected chi connectivity index (χ4v) is 0.927. The summed E-state index contributed by atoms with van der Waals surface area (Å²) in [6.07, 6.45) is 1.83. The fraction of sp³-hybridized carbons (Fsp3) is 0.400. The highest BCUT2D eigenvalue weighted by molar-refractivity contribution is 6.80. The Bertz CT molecular complexity index is 199. The van der Waals surface area contributed by atoms with Crippen molar-refractivity contribution in [3.05, 3.63) is 12.2 Å². The number of aliphatic hydroxyl groups excluding tert-OH is 1. The zero-order valence-corrected chi connectivity index (χ0v) is 7.03. The van der Waals surface area contributed by atoms with Crippen LogP contribution in [-0.4, -0.2) is 20.8 Å². The summed E-state index contributed by atoms with van der Waals surface area (Å²) in [5, 5.41) is 8.83. The fourth-order valence-electron chi connectivity index (χ4n) is 0.521. The number of rotatable bonds is 0. The lowest BCUT2D eigenvalue weighted by molar-refractivity contribution is 0.232. The van der Waals surface area contributed by atoms with Crippen molar-refractivity contribution in [3.63, 3.8) is 0 Å². The van der Waals surface area contributed by atoms with Crippen LogP contribution in [0.4, 0.5) is 0 Å². The molecule has 0 aromatic heterocycles. The van der Waals surface area contributed by atoms with Gasteiger partial charge in [0.2, 0.25) is 0 Å². The van der Waals surface area contributed by atoms with Gasteiger partial charge in [-0.1, -0.05) is 34.8 Å². The molecule has 0 radical (unpaired) electrons. The SMILES string of the molecule is OC1C=CC(Cl)(Cl)C(Cl)=N1. The van der Waals surface area contributed by atoms with E-state index in [4.69, 9.17) is 39.9 Å². The van der Waals surface area contributed by atoms with E-state index < -0.39 is 10.6 Å². The van der Waals surface area contributed by atoms with Gasteiger partial charge in [0.15, 0.2) is 10.6 Å². The second-order valence-electron chi connectivity index (χ2n) is 1.82. The van der Waals surface area contributed by atoms with E-state index >= 15 is 0 Å². The Hall–Kier alpha value is 0.240. The molecule has 1 unspecified atom stereocenters. The van der Waals surface area contributed by atoms with E-state index in [1.54, 1.807) is 0 Å². The number of hydrogen-bond acceptors (Lipinski definition) is 2. The first kappa shape index (κ1) is 8.34. The van der Waals surface area contributed by atoms with Crippen molar-refractivity contribution in [1.29, 1.82) is 0 Å². The average Bonchev–Trinajstić information content (AvgIpc) is 1.81. The standard InChI is InChI=1S/C5H4Cl3NO/c6-4-5(7,8)2-1-3(10)9-4/h1-3,10H. The Morgan fingerprint density at radius 1 is 1.60 bits per heavy atom. The van der Waals surface area contributed by atoms with Gasteiger partial charge in [0.25, 0.3) is 0 Å². The number of allylic oxidation sites excluding steroid dienone is 1. The maximum Gasteiger partial charge on any atom is 0.188 e. The predicted octanol–water partition coefficient (Wildman–Crippen LogP) is 1.69. The van der Waals surface area contributed by atoms with E-state index in [0.717, 1.165) is 0 Å². The van der Waals surface area contributed by atoms with Crippen LogP contribution in [0.3, 0.4) is 0 Å². The highest BCUT2D eigenvalue weighted by Crippen LogP contribution is 2.29. The van der Waals surface area contributed by atoms with Gasteiger partial charge in [0, 0.05) is 0 Å². The maximum absolute atomic E-state index is 8.84. The molecule has 0 aliphatic carbocycles. The summed E-state index contributed by atoms with van der Waals surface area (Å²) in [7, 11) is 0. The summed E-state index contributed by atoms with van der Waals surface area (Å²) in [4.78, 5) is 3.52. The van der Waals surface area contributed by atoms with Crippen LogP contribution in [0.1, 0.15) is 0 Å². The lowest BCUT2D eigenvalue weighted by atomic mass is 10.3. The molecule has 0 fully saturated rings. The molecule has 0 aromatic carbocycles. The molecule has 0 aromatic rings. The van der Waals surface area contributed by atoms with Crippen molar-refractivity contribution >= 4 is 40.0 Å². The van der Waals surface area contributed by atoms with E-state index in [2.05, 4.69) is 4.99 Å². The largest absolute Gasteiger partial charge is 0.368 e. The van der Waals surface area contributed by atoms with Crippen molar-refractivity contribution in [2.75, 3.05) is 0 Å². The molecule has 1 atom stereocenters. The third-order valence-corrected chi connectivity index (χ3v) is 2.20. The van der Waals surface area contributed by atoms with Gasteiger partial charge in [-0.2, -0.15) is 0 Å². The molecule has 1 heterocycles. The van der Waals surface area contributed by atoms with Crippen LogP contribution in [0.25, 0.3) is 0 Å². The summed E-state index contributed by atoms with van der Waals surface area (Å²) in [5.41, 5.74) is 0. The number of aliphatic imine (C=N–C) groups is 1. The van der Waals surface area contributed by atoms with Crippen molar-refractivity contribution < 1.29 is 5.11 Å². The van der Waals surface area contributed by atoms with Crippen LogP contribution >= 0.6 is 34.8 Å². The van der Waals surface area contributed by atoms with Gasteiger partial charge in [-0.05, 0) is 12.2 Å². The summed E-state index contributed by atoms with van der Waals surface area (Å²) in [6, 6.07) is 0. The Morgan fingerprint density at radius 3 is 2.60 bits per heavy atom. The molecule has 56 valence electrons. The van der Waals surface area contributed by atoms with Crippen LogP contribution in [0.15, 0.2) is 17.1 Å². The Labute approximate surface area is 73.1 Å². The summed E-state index contributed by atoms with van der Waals surface area (Å²) in [5.74, 6) is 0. The normalized spacial score (nSPS) is 30.0. The molecule has 2 nitrogen and oxygen atoms in total. The van der Waals surface area contributed by atoms with Gasteiger partial charge in [-0.15, -0.1) is 0 Å². The lowest BCUT2D eigenvalue weighted by Crippen LogP contribution is -2.24. The van der Waals surface area contributed by atoms with Crippen LogP contribution < -0.4 is 0 Å². The number of nitrogens with zero attached hydrogens (tertiary/aromatic N) is 1. The zero-order chi connectivity index (χ0) is 7.78. The molecule has 1 aliphatic heterocycles. The summed E-state index contributed by atoms with van der Waals surface area (Å²) < 4.78 is -1.26. The van der Waals surface area contributed by atoms with Crippen molar-refractivity contribution in [2.45, 2.75) is 10.6 Å². The van der Waals surface area contributed by atoms with Crippen molar-refractivity contribution in [3.8, 4) is 0 Å². The smallest absolute Gasteiger partial charge is 0.188 e. The number of dihydropyridines is 1. The molecule has 0 saturated heterocycles. The zero-order valence-electron chi connectivity index (χ0n) is 4.76. The van der Waals surface area contributed by atoms with E-state index in [-0.39, 0.29) is 5.17 Å². The van der Waals surface area contributed by atoms with Gasteiger partial charge in [0.1, 0.15) is 5.17 Å². The molecule has 1 rings (SSSR count). The topological polar surface area (TPSA) is 32.6 Å². The number of aliphatic hydroxyl groups is 1. The van der Waals surface area contributed by atoms with Gasteiger partial charge in [-0.25, -0.2) is 4.99 Å². The Balaban J connectivity index is 2.87. The van der Waals surface area contributed by atoms with Gasteiger partial charge in [-0.3, -0.25) is 0 Å². The van der Waals surface area contributed by atoms with Crippen LogP contribution in [0, 0.1) is 0 Å². The average molecular weight is 200 g/mol. The summed E-state index contributed by atoms with van der Waals surface area (Å²) in [6.45, 7) is 0. The second kappa shape index (κ2) is 2.70. The minimum absolute atomic E-state index is 0.00849. The van der Waals surface area contributed by atoms with E-state index in [0.29, 0.717) is 0 Å². The number of hydrogen-bond donors (Lipinski definition) is 1. The third kappa shape index (κ3) is 1.64. The van der Waals surface area contributed by atoms with Crippen molar-refractivity contribution in [2.24, 2.45) is 4.99 Å². The molecule has 0 saturated carbocycles. The monoisotopic (exact) mass is 199 g/mol. The highest BCUT2D eigenvalue weighted by atomic mass is 35.5. The quantitative estimate of drug-likeness (QED) is 0.468. The van der Waals surface area contributed by atoms with Crippen LogP contribution in [0.2, 0.25) is 0 Å². The third-order valence-electron chi connectivity index (χ3n) is 0.998. The van der Waals surface area contributed by atoms with Crippen LogP contribution in [-0.2, 0) is 0 Å². The molecule has 0 amide bonds. The van der Waals surface area contributed by atoms with Crippen LogP contribution in [0.5, 0.6) is 0 Å². The first-order valence-electron chi connectivity index (χ1n) is 2.51. The number of halogens is 3. The first-order valence-corrected chi connectivity index (χ1v) is 3.65. The van der Waals surface area contributed by atoms with Crippen molar-refractivity contribution in [1.82, 2.24) is 0 Å². The summed E-state index contributed by atoms with van der Waals surface area (Å²) >= 11 is 16.7. The Morgan fingerprint density at radius 2 is 2.20 bits per heavy atom. The maximum atomic E-state index is 8.84. The highest BCUT2D eigenvalue weighted by Gasteiger charge is 2.29. The molecule has 0 bridgehead atoms. The van der Waals surface area contributed by atoms with E-state index in [9.17, 15) is 0 Å². The number of alkyl halides is 2. The predicted molar refractivity (Wildman–Crippen MR) is 42.9 cm³/mol. The lowest BCUT2D eigenvalue weighted by Gasteiger charge is -2.17. The van der Waals surface area contributed by atoms with Gasteiger partial charge >= 0.3 is 0 Å². The molecule has 5 heteroatoms.